The first kappa shape index (κ1) is 16.9. The number of carboxylic acid groups (broad SMARTS) is 1. The molecule has 1 aromatic carbocycles. The highest BCUT2D eigenvalue weighted by molar-refractivity contribution is 7.89. The van der Waals surface area contributed by atoms with Gasteiger partial charge in [-0.2, -0.15) is 4.31 Å². The summed E-state index contributed by atoms with van der Waals surface area (Å²) in [5.41, 5.74) is -0.761. The molecule has 0 aliphatic rings. The predicted octanol–water partition coefficient (Wildman–Crippen LogP) is 2.60. The lowest BCUT2D eigenvalue weighted by atomic mass is 10.2. The minimum absolute atomic E-state index is 0.144. The highest BCUT2D eigenvalue weighted by Gasteiger charge is 2.29. The summed E-state index contributed by atoms with van der Waals surface area (Å²) in [4.78, 5) is 10.2. The summed E-state index contributed by atoms with van der Waals surface area (Å²) in [6.07, 6.45) is 0.557. The van der Waals surface area contributed by atoms with Crippen LogP contribution in [0, 0.1) is 5.82 Å². The van der Waals surface area contributed by atoms with Crippen molar-refractivity contribution in [2.24, 2.45) is 0 Å². The van der Waals surface area contributed by atoms with Gasteiger partial charge in [0.1, 0.15) is 4.90 Å². The lowest BCUT2D eigenvalue weighted by Crippen LogP contribution is -2.32. The number of sulfonamides is 1. The van der Waals surface area contributed by atoms with E-state index in [1.54, 1.807) is 13.8 Å². The Bertz CT molecular complexity index is 618. The maximum absolute atomic E-state index is 14.1. The first-order chi connectivity index (χ1) is 9.25. The molecule has 0 spiro atoms. The first-order valence-electron chi connectivity index (χ1n) is 5.98. The highest BCUT2D eigenvalue weighted by Crippen LogP contribution is 2.26. The second-order valence-corrected chi connectivity index (χ2v) is 6.41. The number of hydrogen-bond acceptors (Lipinski definition) is 3. The Balaban J connectivity index is 3.49. The Morgan fingerprint density at radius 1 is 1.40 bits per heavy atom. The van der Waals surface area contributed by atoms with Gasteiger partial charge in [-0.1, -0.05) is 25.4 Å². The van der Waals surface area contributed by atoms with Crippen molar-refractivity contribution >= 4 is 27.6 Å². The van der Waals surface area contributed by atoms with Crippen molar-refractivity contribution in [2.45, 2.75) is 25.2 Å². The van der Waals surface area contributed by atoms with Crippen molar-refractivity contribution in [3.05, 3.63) is 28.5 Å². The Morgan fingerprint density at radius 3 is 2.45 bits per heavy atom. The number of carbonyl (C=O) groups is 1. The minimum atomic E-state index is -4.11. The van der Waals surface area contributed by atoms with Gasteiger partial charge in [0.15, 0.2) is 5.82 Å². The molecule has 0 aromatic heterocycles. The molecule has 0 bridgehead atoms. The molecule has 0 aliphatic carbocycles. The van der Waals surface area contributed by atoms with E-state index in [4.69, 9.17) is 16.7 Å². The summed E-state index contributed by atoms with van der Waals surface area (Å²) >= 11 is 5.68. The van der Waals surface area contributed by atoms with Crippen LogP contribution in [-0.4, -0.2) is 36.9 Å². The third-order valence-electron chi connectivity index (χ3n) is 2.68. The molecule has 0 saturated heterocycles. The minimum Gasteiger partial charge on any atom is -0.478 e. The molecule has 0 atom stereocenters. The van der Waals surface area contributed by atoms with Crippen molar-refractivity contribution in [2.75, 3.05) is 13.1 Å². The number of carboxylic acids is 1. The van der Waals surface area contributed by atoms with Gasteiger partial charge in [-0.3, -0.25) is 0 Å². The van der Waals surface area contributed by atoms with Crippen molar-refractivity contribution in [1.29, 1.82) is 0 Å². The molecule has 1 rings (SSSR count). The van der Waals surface area contributed by atoms with Crippen LogP contribution in [0.25, 0.3) is 0 Å². The average Bonchev–Trinajstić information content (AvgIpc) is 2.37. The SMILES string of the molecule is CCCN(CC)S(=O)(=O)c1cc(Cl)cc(C(=O)O)c1F. The molecule has 8 heteroatoms. The second kappa shape index (κ2) is 6.51. The molecule has 0 fully saturated rings. The van der Waals surface area contributed by atoms with E-state index in [9.17, 15) is 17.6 Å². The van der Waals surface area contributed by atoms with E-state index in [0.717, 1.165) is 16.4 Å². The zero-order valence-corrected chi connectivity index (χ0v) is 12.6. The van der Waals surface area contributed by atoms with Crippen LogP contribution in [0.4, 0.5) is 4.39 Å². The molecule has 0 saturated carbocycles. The maximum atomic E-state index is 14.1. The molecule has 0 amide bonds. The summed E-state index contributed by atoms with van der Waals surface area (Å²) in [7, 11) is -4.11. The van der Waals surface area contributed by atoms with E-state index in [1.165, 1.54) is 0 Å². The number of hydrogen-bond donors (Lipinski definition) is 1. The highest BCUT2D eigenvalue weighted by atomic mass is 35.5. The summed E-state index contributed by atoms with van der Waals surface area (Å²) in [5, 5.41) is 8.73. The van der Waals surface area contributed by atoms with Crippen LogP contribution in [0.15, 0.2) is 17.0 Å². The Morgan fingerprint density at radius 2 is 2.00 bits per heavy atom. The smallest absolute Gasteiger partial charge is 0.338 e. The summed E-state index contributed by atoms with van der Waals surface area (Å²) in [5.74, 6) is -2.86. The number of rotatable bonds is 6. The van der Waals surface area contributed by atoms with E-state index >= 15 is 0 Å². The van der Waals surface area contributed by atoms with E-state index in [0.29, 0.717) is 6.42 Å². The fourth-order valence-corrected chi connectivity index (χ4v) is 3.68. The van der Waals surface area contributed by atoms with Gasteiger partial charge >= 0.3 is 5.97 Å². The Labute approximate surface area is 122 Å². The van der Waals surface area contributed by atoms with Gasteiger partial charge in [-0.25, -0.2) is 17.6 Å². The monoisotopic (exact) mass is 323 g/mol. The van der Waals surface area contributed by atoms with Crippen LogP contribution < -0.4 is 0 Å². The summed E-state index contributed by atoms with van der Waals surface area (Å²) in [6.45, 7) is 3.78. The predicted molar refractivity (Wildman–Crippen MR) is 73.1 cm³/mol. The van der Waals surface area contributed by atoms with Crippen LogP contribution in [0.3, 0.4) is 0 Å². The van der Waals surface area contributed by atoms with E-state index in [1.807, 2.05) is 0 Å². The molecule has 0 radical (unpaired) electrons. The van der Waals surface area contributed by atoms with Crippen LogP contribution in [0.5, 0.6) is 0 Å². The molecule has 0 aliphatic heterocycles. The molecule has 5 nitrogen and oxygen atoms in total. The third kappa shape index (κ3) is 3.28. The fraction of sp³-hybridized carbons (Fsp3) is 0.417. The zero-order chi connectivity index (χ0) is 15.5. The normalized spacial score (nSPS) is 11.8. The largest absolute Gasteiger partial charge is 0.478 e. The van der Waals surface area contributed by atoms with Crippen LogP contribution in [0.1, 0.15) is 30.6 Å². The van der Waals surface area contributed by atoms with Crippen molar-refractivity contribution < 1.29 is 22.7 Å². The fourth-order valence-electron chi connectivity index (χ4n) is 1.74. The average molecular weight is 324 g/mol. The van der Waals surface area contributed by atoms with Crippen molar-refractivity contribution in [1.82, 2.24) is 4.31 Å². The number of nitrogens with zero attached hydrogens (tertiary/aromatic N) is 1. The molecule has 0 unspecified atom stereocenters. The van der Waals surface area contributed by atoms with Gasteiger partial charge in [-0.05, 0) is 18.6 Å². The number of halogens is 2. The lowest BCUT2D eigenvalue weighted by molar-refractivity contribution is 0.0691. The molecule has 1 aromatic rings. The standard InChI is InChI=1S/C12H15ClFNO4S/c1-3-5-15(4-2)20(18,19)10-7-8(13)6-9(11(10)14)12(16)17/h6-7H,3-5H2,1-2H3,(H,16,17). The maximum Gasteiger partial charge on any atom is 0.338 e. The molecule has 20 heavy (non-hydrogen) atoms. The van der Waals surface area contributed by atoms with Crippen LogP contribution in [0.2, 0.25) is 5.02 Å². The van der Waals surface area contributed by atoms with Crippen LogP contribution >= 0.6 is 11.6 Å². The van der Waals surface area contributed by atoms with Crippen molar-refractivity contribution in [3.8, 4) is 0 Å². The summed E-state index contributed by atoms with van der Waals surface area (Å²) in [6, 6.07) is 1.81. The quantitative estimate of drug-likeness (QED) is 0.873. The van der Waals surface area contributed by atoms with Gasteiger partial charge in [0.25, 0.3) is 0 Å². The van der Waals surface area contributed by atoms with Gasteiger partial charge in [0.2, 0.25) is 10.0 Å². The molecular weight excluding hydrogens is 309 g/mol. The third-order valence-corrected chi connectivity index (χ3v) is 4.87. The van der Waals surface area contributed by atoms with Gasteiger partial charge in [-0.15, -0.1) is 0 Å². The Kier molecular flexibility index (Phi) is 5.50. The van der Waals surface area contributed by atoms with Crippen molar-refractivity contribution in [3.63, 3.8) is 0 Å². The molecule has 0 heterocycles. The topological polar surface area (TPSA) is 74.7 Å². The second-order valence-electron chi connectivity index (χ2n) is 4.07. The van der Waals surface area contributed by atoms with Gasteiger partial charge < -0.3 is 5.11 Å². The molecular formula is C12H15ClFNO4S. The van der Waals surface area contributed by atoms with Gasteiger partial charge in [0.05, 0.1) is 5.56 Å². The van der Waals surface area contributed by atoms with E-state index in [-0.39, 0.29) is 18.1 Å². The Hall–Kier alpha value is -1.18. The number of benzene rings is 1. The molecule has 112 valence electrons. The lowest BCUT2D eigenvalue weighted by Gasteiger charge is -2.20. The van der Waals surface area contributed by atoms with E-state index in [2.05, 4.69) is 0 Å². The number of aromatic carboxylic acids is 1. The van der Waals surface area contributed by atoms with Crippen LogP contribution in [-0.2, 0) is 10.0 Å². The molecule has 1 N–H and O–H groups in total. The van der Waals surface area contributed by atoms with E-state index < -0.39 is 32.3 Å². The zero-order valence-electron chi connectivity index (χ0n) is 11.1. The first-order valence-corrected chi connectivity index (χ1v) is 7.80. The van der Waals surface area contributed by atoms with Gasteiger partial charge in [0, 0.05) is 18.1 Å². The summed E-state index contributed by atoms with van der Waals surface area (Å²) < 4.78 is 39.8.